The van der Waals surface area contributed by atoms with E-state index in [4.69, 9.17) is 5.73 Å². The summed E-state index contributed by atoms with van der Waals surface area (Å²) in [5, 5.41) is 6.49. The van der Waals surface area contributed by atoms with Gasteiger partial charge in [0, 0.05) is 11.4 Å². The van der Waals surface area contributed by atoms with E-state index >= 15 is 0 Å². The lowest BCUT2D eigenvalue weighted by atomic mass is 10.2. The number of hydrogen-bond donors (Lipinski definition) is 3. The first-order chi connectivity index (χ1) is 12.1. The first-order valence-corrected chi connectivity index (χ1v) is 8.07. The molecule has 5 nitrogen and oxygen atoms in total. The fourth-order valence-corrected chi connectivity index (χ4v) is 2.46. The molecule has 3 rings (SSSR count). The smallest absolute Gasteiger partial charge is 0.223 e. The minimum atomic E-state index is 0.186. The number of nitrogens with zero attached hydrogens (tertiary/aromatic N) is 2. The van der Waals surface area contributed by atoms with Crippen LogP contribution >= 0.6 is 0 Å². The van der Waals surface area contributed by atoms with Crippen molar-refractivity contribution in [1.82, 2.24) is 0 Å². The van der Waals surface area contributed by atoms with Crippen LogP contribution in [0.4, 0.5) is 11.4 Å². The van der Waals surface area contributed by atoms with Gasteiger partial charge in [-0.15, -0.1) is 0 Å². The normalized spacial score (nSPS) is 13.9. The van der Waals surface area contributed by atoms with Gasteiger partial charge in [0.25, 0.3) is 0 Å². The number of anilines is 2. The molecule has 0 spiro atoms. The van der Waals surface area contributed by atoms with E-state index in [1.165, 1.54) is 11.1 Å². The zero-order chi connectivity index (χ0) is 17.6. The van der Waals surface area contributed by atoms with E-state index in [0.717, 1.165) is 11.4 Å². The minimum absolute atomic E-state index is 0.186. The lowest BCUT2D eigenvalue weighted by Gasteiger charge is -2.11. The summed E-state index contributed by atoms with van der Waals surface area (Å²) in [6, 6.07) is 16.1. The van der Waals surface area contributed by atoms with Crippen molar-refractivity contribution in [2.75, 3.05) is 10.6 Å². The minimum Gasteiger partial charge on any atom is -0.368 e. The molecule has 0 saturated heterocycles. The summed E-state index contributed by atoms with van der Waals surface area (Å²) < 4.78 is 0. The van der Waals surface area contributed by atoms with Gasteiger partial charge in [-0.3, -0.25) is 0 Å². The topological polar surface area (TPSA) is 74.8 Å². The average molecular weight is 331 g/mol. The molecule has 1 heterocycles. The van der Waals surface area contributed by atoms with Crippen molar-refractivity contribution in [3.05, 3.63) is 83.7 Å². The number of amidine groups is 1. The zero-order valence-corrected chi connectivity index (χ0v) is 14.3. The Labute approximate surface area is 147 Å². The summed E-state index contributed by atoms with van der Waals surface area (Å²) >= 11 is 0. The van der Waals surface area contributed by atoms with Crippen LogP contribution in [0.15, 0.2) is 82.6 Å². The molecule has 0 atom stereocenters. The molecule has 2 aromatic rings. The summed E-state index contributed by atoms with van der Waals surface area (Å²) in [7, 11) is 0. The SMILES string of the molecule is Cc1cccc(NC2=CC=CC(Nc3cccc(C)c3)=NC(N)=N2)c1. The molecule has 5 heteroatoms. The summed E-state index contributed by atoms with van der Waals surface area (Å²) in [4.78, 5) is 8.67. The molecule has 1 aliphatic rings. The Morgan fingerprint density at radius 3 is 2.12 bits per heavy atom. The maximum atomic E-state index is 5.96. The Morgan fingerprint density at radius 2 is 1.48 bits per heavy atom. The highest BCUT2D eigenvalue weighted by Gasteiger charge is 2.03. The summed E-state index contributed by atoms with van der Waals surface area (Å²) in [5.74, 6) is 1.46. The van der Waals surface area contributed by atoms with E-state index in [9.17, 15) is 0 Å². The van der Waals surface area contributed by atoms with Gasteiger partial charge in [0.2, 0.25) is 5.96 Å². The highest BCUT2D eigenvalue weighted by atomic mass is 15.1. The van der Waals surface area contributed by atoms with Crippen LogP contribution in [-0.4, -0.2) is 11.8 Å². The quantitative estimate of drug-likeness (QED) is 0.797. The number of nitrogens with two attached hydrogens (primary N) is 1. The third-order valence-corrected chi connectivity index (χ3v) is 3.56. The second kappa shape index (κ2) is 7.49. The van der Waals surface area contributed by atoms with E-state index in [2.05, 4.69) is 20.6 Å². The predicted octanol–water partition coefficient (Wildman–Crippen LogP) is 3.95. The average Bonchev–Trinajstić information content (AvgIpc) is 2.53. The number of allylic oxidation sites excluding steroid dienone is 2. The van der Waals surface area contributed by atoms with Gasteiger partial charge in [-0.25, -0.2) is 0 Å². The molecular weight excluding hydrogens is 310 g/mol. The van der Waals surface area contributed by atoms with Crippen molar-refractivity contribution in [3.8, 4) is 0 Å². The van der Waals surface area contributed by atoms with E-state index in [-0.39, 0.29) is 5.96 Å². The molecule has 0 unspecified atom stereocenters. The summed E-state index contributed by atoms with van der Waals surface area (Å²) in [6.45, 7) is 4.09. The Balaban J connectivity index is 1.75. The molecule has 0 aliphatic carbocycles. The molecule has 0 radical (unpaired) electrons. The summed E-state index contributed by atoms with van der Waals surface area (Å²) in [6.07, 6.45) is 5.61. The van der Waals surface area contributed by atoms with Gasteiger partial charge in [-0.05, 0) is 61.4 Å². The van der Waals surface area contributed by atoms with Crippen LogP contribution < -0.4 is 16.4 Å². The van der Waals surface area contributed by atoms with Crippen molar-refractivity contribution in [2.45, 2.75) is 13.8 Å². The first-order valence-electron chi connectivity index (χ1n) is 8.07. The highest BCUT2D eigenvalue weighted by Crippen LogP contribution is 2.14. The second-order valence-electron chi connectivity index (χ2n) is 5.87. The number of rotatable bonds is 3. The standard InChI is InChI=1S/C20H21N5/c1-14-6-3-8-16(12-14)22-18-10-5-11-19(25-20(21)24-18)23-17-9-4-7-15(2)13-17/h3-13H,1-2H3,(H4,21,22,23,24,25). The number of hydrogen-bond acceptors (Lipinski definition) is 5. The molecule has 0 amide bonds. The van der Waals surface area contributed by atoms with Crippen LogP contribution in [0.25, 0.3) is 0 Å². The molecule has 0 saturated carbocycles. The Morgan fingerprint density at radius 1 is 0.840 bits per heavy atom. The monoisotopic (exact) mass is 331 g/mol. The van der Waals surface area contributed by atoms with Gasteiger partial charge in [0.1, 0.15) is 11.7 Å². The molecule has 0 bridgehead atoms. The van der Waals surface area contributed by atoms with E-state index in [1.54, 1.807) is 0 Å². The Bertz CT molecular complexity index is 845. The molecule has 2 aromatic carbocycles. The highest BCUT2D eigenvalue weighted by molar-refractivity contribution is 6.09. The van der Waals surface area contributed by atoms with Crippen molar-refractivity contribution in [2.24, 2.45) is 15.7 Å². The second-order valence-corrected chi connectivity index (χ2v) is 5.87. The predicted molar refractivity (Wildman–Crippen MR) is 106 cm³/mol. The van der Waals surface area contributed by atoms with Crippen molar-refractivity contribution in [1.29, 1.82) is 0 Å². The van der Waals surface area contributed by atoms with Crippen LogP contribution in [0.2, 0.25) is 0 Å². The van der Waals surface area contributed by atoms with Crippen molar-refractivity contribution >= 4 is 23.2 Å². The number of benzene rings is 2. The van der Waals surface area contributed by atoms with Gasteiger partial charge >= 0.3 is 0 Å². The number of aryl methyl sites for hydroxylation is 2. The molecular formula is C20H21N5. The molecule has 126 valence electrons. The summed E-state index contributed by atoms with van der Waals surface area (Å²) in [5.41, 5.74) is 10.2. The van der Waals surface area contributed by atoms with Crippen molar-refractivity contribution < 1.29 is 0 Å². The van der Waals surface area contributed by atoms with Crippen LogP contribution in [0.1, 0.15) is 11.1 Å². The maximum absolute atomic E-state index is 5.96. The zero-order valence-electron chi connectivity index (χ0n) is 14.3. The van der Waals surface area contributed by atoms with Gasteiger partial charge in [0.15, 0.2) is 0 Å². The molecule has 0 aromatic heterocycles. The third kappa shape index (κ3) is 4.81. The number of guanidine groups is 1. The molecule has 1 aliphatic heterocycles. The molecule has 0 fully saturated rings. The van der Waals surface area contributed by atoms with Gasteiger partial charge < -0.3 is 16.4 Å². The van der Waals surface area contributed by atoms with Crippen molar-refractivity contribution in [3.63, 3.8) is 0 Å². The van der Waals surface area contributed by atoms with Crippen LogP contribution in [0.3, 0.4) is 0 Å². The third-order valence-electron chi connectivity index (χ3n) is 3.56. The fourth-order valence-electron chi connectivity index (χ4n) is 2.46. The van der Waals surface area contributed by atoms with Gasteiger partial charge in [0.05, 0.1) is 0 Å². The number of aliphatic imine (C=N–C) groups is 2. The lowest BCUT2D eigenvalue weighted by molar-refractivity contribution is 1.26. The first kappa shape index (κ1) is 16.5. The fraction of sp³-hybridized carbons (Fsp3) is 0.100. The van der Waals surface area contributed by atoms with E-state index in [1.807, 2.05) is 80.6 Å². The Kier molecular flexibility index (Phi) is 4.95. The van der Waals surface area contributed by atoms with Gasteiger partial charge in [-0.2, -0.15) is 9.98 Å². The van der Waals surface area contributed by atoms with Gasteiger partial charge in [-0.1, -0.05) is 30.3 Å². The van der Waals surface area contributed by atoms with Crippen LogP contribution in [0.5, 0.6) is 0 Å². The maximum Gasteiger partial charge on any atom is 0.223 e. The largest absolute Gasteiger partial charge is 0.368 e. The van der Waals surface area contributed by atoms with Crippen LogP contribution in [-0.2, 0) is 0 Å². The molecule has 4 N–H and O–H groups in total. The van der Waals surface area contributed by atoms with E-state index < -0.39 is 0 Å². The number of nitrogens with one attached hydrogen (secondary N) is 2. The molecule has 25 heavy (non-hydrogen) atoms. The lowest BCUT2D eigenvalue weighted by Crippen LogP contribution is -2.18. The van der Waals surface area contributed by atoms with Crippen LogP contribution in [0, 0.1) is 13.8 Å². The Hall–Kier alpha value is -3.34. The van der Waals surface area contributed by atoms with E-state index in [0.29, 0.717) is 11.7 Å².